The van der Waals surface area contributed by atoms with E-state index in [9.17, 15) is 4.79 Å². The highest BCUT2D eigenvalue weighted by atomic mass is 79.9. The Labute approximate surface area is 147 Å². The van der Waals surface area contributed by atoms with Crippen LogP contribution in [0.2, 0.25) is 0 Å². The fourth-order valence-electron chi connectivity index (χ4n) is 1.99. The fraction of sp³-hybridized carbons (Fsp3) is 0.0588. The van der Waals surface area contributed by atoms with Crippen LogP contribution in [0, 0.1) is 0 Å². The molecule has 116 valence electrons. The Morgan fingerprint density at radius 1 is 1.22 bits per heavy atom. The first-order chi connectivity index (χ1) is 11.1. The molecule has 3 rings (SSSR count). The first-order valence-electron chi connectivity index (χ1n) is 6.94. The summed E-state index contributed by atoms with van der Waals surface area (Å²) >= 11 is 4.95. The van der Waals surface area contributed by atoms with Gasteiger partial charge in [0.05, 0.1) is 0 Å². The summed E-state index contributed by atoms with van der Waals surface area (Å²) in [6, 6.07) is 15.0. The average Bonchev–Trinajstić information content (AvgIpc) is 2.94. The molecule has 1 aromatic heterocycles. The molecule has 0 aliphatic rings. The van der Waals surface area contributed by atoms with Crippen LogP contribution in [-0.2, 0) is 7.05 Å². The van der Waals surface area contributed by atoms with Gasteiger partial charge in [0.25, 0.3) is 5.91 Å². The Hall–Kier alpha value is -2.05. The Balaban J connectivity index is 1.68. The third-order valence-corrected chi connectivity index (χ3v) is 4.76. The van der Waals surface area contributed by atoms with Gasteiger partial charge in [-0.1, -0.05) is 33.8 Å². The van der Waals surface area contributed by atoms with Gasteiger partial charge in [-0.3, -0.25) is 4.79 Å². The molecule has 6 heteroatoms. The number of hydrogen-bond donors (Lipinski definition) is 1. The summed E-state index contributed by atoms with van der Waals surface area (Å²) in [6.07, 6.45) is 3.68. The molecule has 23 heavy (non-hydrogen) atoms. The number of rotatable bonds is 4. The molecule has 0 atom stereocenters. The van der Waals surface area contributed by atoms with E-state index >= 15 is 0 Å². The van der Waals surface area contributed by atoms with Crippen molar-refractivity contribution in [3.05, 3.63) is 71.0 Å². The van der Waals surface area contributed by atoms with Crippen LogP contribution in [0.15, 0.2) is 75.4 Å². The highest BCUT2D eigenvalue weighted by Gasteiger charge is 2.07. The van der Waals surface area contributed by atoms with Gasteiger partial charge in [-0.15, -0.1) is 0 Å². The third-order valence-electron chi connectivity index (χ3n) is 3.19. The van der Waals surface area contributed by atoms with Crippen LogP contribution < -0.4 is 5.32 Å². The first-order valence-corrected chi connectivity index (χ1v) is 8.55. The van der Waals surface area contributed by atoms with Gasteiger partial charge in [0.2, 0.25) is 0 Å². The lowest BCUT2D eigenvalue weighted by atomic mass is 10.2. The zero-order valence-electron chi connectivity index (χ0n) is 12.4. The second kappa shape index (κ2) is 7.02. The average molecular weight is 388 g/mol. The molecule has 2 aromatic carbocycles. The molecule has 0 aliphatic carbocycles. The second-order valence-electron chi connectivity index (χ2n) is 4.91. The summed E-state index contributed by atoms with van der Waals surface area (Å²) in [5.74, 6) is -0.129. The third kappa shape index (κ3) is 4.03. The highest BCUT2D eigenvalue weighted by molar-refractivity contribution is 9.10. The number of halogens is 1. The fourth-order valence-corrected chi connectivity index (χ4v) is 3.20. The molecule has 0 spiro atoms. The van der Waals surface area contributed by atoms with E-state index in [1.807, 2.05) is 54.2 Å². The van der Waals surface area contributed by atoms with E-state index in [0.717, 1.165) is 20.2 Å². The number of amides is 1. The number of imidazole rings is 1. The van der Waals surface area contributed by atoms with Gasteiger partial charge in [-0.25, -0.2) is 4.98 Å². The summed E-state index contributed by atoms with van der Waals surface area (Å²) in [5.41, 5.74) is 1.38. The smallest absolute Gasteiger partial charge is 0.255 e. The molecule has 0 radical (unpaired) electrons. The molecule has 0 saturated carbocycles. The molecule has 0 aliphatic heterocycles. The van der Waals surface area contributed by atoms with E-state index in [0.29, 0.717) is 5.56 Å². The molecule has 0 bridgehead atoms. The van der Waals surface area contributed by atoms with E-state index in [-0.39, 0.29) is 5.91 Å². The topological polar surface area (TPSA) is 46.9 Å². The summed E-state index contributed by atoms with van der Waals surface area (Å²) in [5, 5.41) is 3.82. The van der Waals surface area contributed by atoms with Crippen LogP contribution in [0.25, 0.3) is 0 Å². The second-order valence-corrected chi connectivity index (χ2v) is 6.87. The van der Waals surface area contributed by atoms with E-state index in [4.69, 9.17) is 0 Å². The number of carbonyl (C=O) groups is 1. The van der Waals surface area contributed by atoms with Crippen LogP contribution in [-0.4, -0.2) is 15.5 Å². The predicted octanol–water partition coefficient (Wildman–Crippen LogP) is 4.59. The molecule has 4 nitrogen and oxygen atoms in total. The van der Waals surface area contributed by atoms with Crippen molar-refractivity contribution < 1.29 is 4.79 Å². The zero-order chi connectivity index (χ0) is 16.2. The molecule has 0 saturated heterocycles. The van der Waals surface area contributed by atoms with E-state index in [1.165, 1.54) is 0 Å². The Kier molecular flexibility index (Phi) is 4.83. The lowest BCUT2D eigenvalue weighted by Gasteiger charge is -2.07. The maximum atomic E-state index is 12.2. The van der Waals surface area contributed by atoms with Gasteiger partial charge >= 0.3 is 0 Å². The molecule has 0 unspecified atom stereocenters. The van der Waals surface area contributed by atoms with Gasteiger partial charge in [-0.05, 0) is 42.5 Å². The van der Waals surface area contributed by atoms with Crippen molar-refractivity contribution in [2.45, 2.75) is 10.1 Å². The Morgan fingerprint density at radius 3 is 2.65 bits per heavy atom. The number of carbonyl (C=O) groups excluding carboxylic acids is 1. The maximum Gasteiger partial charge on any atom is 0.255 e. The number of aryl methyl sites for hydroxylation is 1. The normalized spacial score (nSPS) is 10.5. The number of nitrogens with one attached hydrogen (secondary N) is 1. The first kappa shape index (κ1) is 15.8. The molecule has 1 N–H and O–H groups in total. The Morgan fingerprint density at radius 2 is 2.00 bits per heavy atom. The van der Waals surface area contributed by atoms with E-state index in [1.54, 1.807) is 30.1 Å². The minimum Gasteiger partial charge on any atom is -0.329 e. The Bertz CT molecular complexity index is 830. The van der Waals surface area contributed by atoms with Gasteiger partial charge in [-0.2, -0.15) is 0 Å². The van der Waals surface area contributed by atoms with Crippen LogP contribution in [0.5, 0.6) is 0 Å². The van der Waals surface area contributed by atoms with Crippen LogP contribution in [0.3, 0.4) is 0 Å². The molecular weight excluding hydrogens is 374 g/mol. The lowest BCUT2D eigenvalue weighted by Crippen LogP contribution is -2.11. The van der Waals surface area contributed by atoms with Gasteiger partial charge in [0.15, 0.2) is 5.16 Å². The molecule has 0 fully saturated rings. The van der Waals surface area contributed by atoms with E-state index in [2.05, 4.69) is 26.2 Å². The zero-order valence-corrected chi connectivity index (χ0v) is 14.8. The van der Waals surface area contributed by atoms with Gasteiger partial charge in [0.1, 0.15) is 0 Å². The van der Waals surface area contributed by atoms with Crippen LogP contribution in [0.1, 0.15) is 10.4 Å². The number of hydrogen-bond acceptors (Lipinski definition) is 3. The maximum absolute atomic E-state index is 12.2. The summed E-state index contributed by atoms with van der Waals surface area (Å²) < 4.78 is 2.85. The summed E-state index contributed by atoms with van der Waals surface area (Å²) in [6.45, 7) is 0. The predicted molar refractivity (Wildman–Crippen MR) is 95.9 cm³/mol. The summed E-state index contributed by atoms with van der Waals surface area (Å²) in [4.78, 5) is 17.6. The van der Waals surface area contributed by atoms with Crippen molar-refractivity contribution in [1.29, 1.82) is 0 Å². The number of anilines is 1. The molecule has 3 aromatic rings. The monoisotopic (exact) mass is 387 g/mol. The molecule has 1 amide bonds. The van der Waals surface area contributed by atoms with Crippen molar-refractivity contribution in [2.75, 3.05) is 5.32 Å². The minimum atomic E-state index is -0.129. The SMILES string of the molecule is Cn1ccnc1Sc1ccc(NC(=O)c2cccc(Br)c2)cc1. The van der Waals surface area contributed by atoms with Crippen molar-refractivity contribution in [3.8, 4) is 0 Å². The minimum absolute atomic E-state index is 0.129. The number of aromatic nitrogens is 2. The highest BCUT2D eigenvalue weighted by Crippen LogP contribution is 2.27. The van der Waals surface area contributed by atoms with Crippen molar-refractivity contribution in [3.63, 3.8) is 0 Å². The lowest BCUT2D eigenvalue weighted by molar-refractivity contribution is 0.102. The standard InChI is InChI=1S/C17H14BrN3OS/c1-21-10-9-19-17(21)23-15-7-5-14(6-8-15)20-16(22)12-3-2-4-13(18)11-12/h2-11H,1H3,(H,20,22). The number of benzene rings is 2. The summed E-state index contributed by atoms with van der Waals surface area (Å²) in [7, 11) is 1.96. The van der Waals surface area contributed by atoms with E-state index < -0.39 is 0 Å². The molecule has 1 heterocycles. The van der Waals surface area contributed by atoms with Crippen LogP contribution >= 0.6 is 27.7 Å². The molecular formula is C17H14BrN3OS. The van der Waals surface area contributed by atoms with Crippen molar-refractivity contribution in [2.24, 2.45) is 7.05 Å². The van der Waals surface area contributed by atoms with Crippen LogP contribution in [0.4, 0.5) is 5.69 Å². The largest absolute Gasteiger partial charge is 0.329 e. The van der Waals surface area contributed by atoms with Crippen molar-refractivity contribution in [1.82, 2.24) is 9.55 Å². The van der Waals surface area contributed by atoms with Crippen molar-refractivity contribution >= 4 is 39.3 Å². The number of nitrogens with zero attached hydrogens (tertiary/aromatic N) is 2. The van der Waals surface area contributed by atoms with Gasteiger partial charge in [0, 0.05) is 40.1 Å². The quantitative estimate of drug-likeness (QED) is 0.712. The van der Waals surface area contributed by atoms with Gasteiger partial charge < -0.3 is 9.88 Å².